The normalized spacial score (nSPS) is 18.5. The molecule has 1 fully saturated rings. The SMILES string of the molecule is COc1ccc(CNC(=O)c2cccc(S(=O)(=O)C3CCS(=O)(=O)C3)c2)cc1. The molecule has 1 heterocycles. The van der Waals surface area contributed by atoms with Gasteiger partial charge in [-0.2, -0.15) is 0 Å². The maximum absolute atomic E-state index is 12.7. The zero-order valence-electron chi connectivity index (χ0n) is 15.3. The fourth-order valence-electron chi connectivity index (χ4n) is 3.04. The molecule has 3 rings (SSSR count). The van der Waals surface area contributed by atoms with Crippen molar-refractivity contribution in [1.82, 2.24) is 5.32 Å². The van der Waals surface area contributed by atoms with E-state index in [2.05, 4.69) is 5.32 Å². The molecular weight excluding hydrogens is 402 g/mol. The number of hydrogen-bond acceptors (Lipinski definition) is 6. The first-order valence-electron chi connectivity index (χ1n) is 8.67. The number of hydrogen-bond donors (Lipinski definition) is 1. The van der Waals surface area contributed by atoms with E-state index in [0.29, 0.717) is 5.75 Å². The maximum atomic E-state index is 12.7. The van der Waals surface area contributed by atoms with Crippen LogP contribution in [0.3, 0.4) is 0 Å². The van der Waals surface area contributed by atoms with Gasteiger partial charge >= 0.3 is 0 Å². The Morgan fingerprint density at radius 1 is 1.18 bits per heavy atom. The Morgan fingerprint density at radius 3 is 2.50 bits per heavy atom. The highest BCUT2D eigenvalue weighted by Gasteiger charge is 2.38. The molecule has 7 nitrogen and oxygen atoms in total. The molecule has 0 aromatic heterocycles. The Balaban J connectivity index is 1.72. The molecule has 1 amide bonds. The Labute approximate surface area is 164 Å². The average Bonchev–Trinajstić information content (AvgIpc) is 3.07. The van der Waals surface area contributed by atoms with E-state index in [1.807, 2.05) is 12.1 Å². The first-order chi connectivity index (χ1) is 13.2. The Morgan fingerprint density at radius 2 is 1.89 bits per heavy atom. The van der Waals surface area contributed by atoms with Crippen molar-refractivity contribution in [3.05, 3.63) is 59.7 Å². The van der Waals surface area contributed by atoms with E-state index in [1.54, 1.807) is 19.2 Å². The topological polar surface area (TPSA) is 107 Å². The molecule has 2 aromatic carbocycles. The summed E-state index contributed by atoms with van der Waals surface area (Å²) in [7, 11) is -5.57. The Kier molecular flexibility index (Phi) is 5.76. The molecule has 28 heavy (non-hydrogen) atoms. The molecule has 0 aliphatic carbocycles. The van der Waals surface area contributed by atoms with Crippen LogP contribution in [0.5, 0.6) is 5.75 Å². The first-order valence-corrected chi connectivity index (χ1v) is 12.0. The molecule has 0 spiro atoms. The Bertz CT molecular complexity index is 1080. The molecule has 0 saturated carbocycles. The van der Waals surface area contributed by atoms with Crippen molar-refractivity contribution in [1.29, 1.82) is 0 Å². The van der Waals surface area contributed by atoms with Crippen LogP contribution < -0.4 is 10.1 Å². The number of rotatable bonds is 6. The minimum Gasteiger partial charge on any atom is -0.497 e. The van der Waals surface area contributed by atoms with E-state index in [9.17, 15) is 21.6 Å². The van der Waals surface area contributed by atoms with Gasteiger partial charge in [0.05, 0.1) is 28.8 Å². The van der Waals surface area contributed by atoms with Crippen LogP contribution in [-0.4, -0.2) is 46.6 Å². The van der Waals surface area contributed by atoms with Gasteiger partial charge in [-0.05, 0) is 42.3 Å². The zero-order chi connectivity index (χ0) is 20.4. The average molecular weight is 424 g/mol. The summed E-state index contributed by atoms with van der Waals surface area (Å²) < 4.78 is 53.8. The number of benzene rings is 2. The molecule has 0 radical (unpaired) electrons. The highest BCUT2D eigenvalue weighted by Crippen LogP contribution is 2.26. The maximum Gasteiger partial charge on any atom is 0.251 e. The van der Waals surface area contributed by atoms with Crippen LogP contribution in [0.2, 0.25) is 0 Å². The van der Waals surface area contributed by atoms with Gasteiger partial charge in [-0.1, -0.05) is 18.2 Å². The number of carbonyl (C=O) groups is 1. The quantitative estimate of drug-likeness (QED) is 0.756. The molecule has 1 aliphatic rings. The van der Waals surface area contributed by atoms with Gasteiger partial charge in [0, 0.05) is 12.1 Å². The summed E-state index contributed by atoms with van der Waals surface area (Å²) >= 11 is 0. The minimum absolute atomic E-state index is 0.0355. The summed E-state index contributed by atoms with van der Waals surface area (Å²) in [5, 5.41) is 1.78. The van der Waals surface area contributed by atoms with Crippen LogP contribution in [0, 0.1) is 0 Å². The third-order valence-electron chi connectivity index (χ3n) is 4.67. The number of nitrogens with one attached hydrogen (secondary N) is 1. The van der Waals surface area contributed by atoms with Crippen LogP contribution in [0.1, 0.15) is 22.3 Å². The molecule has 0 bridgehead atoms. The molecule has 1 aliphatic heterocycles. The van der Waals surface area contributed by atoms with Gasteiger partial charge in [-0.3, -0.25) is 4.79 Å². The van der Waals surface area contributed by atoms with E-state index in [4.69, 9.17) is 4.74 Å². The van der Waals surface area contributed by atoms with Gasteiger partial charge in [0.15, 0.2) is 19.7 Å². The minimum atomic E-state index is -3.81. The van der Waals surface area contributed by atoms with Crippen LogP contribution in [0.4, 0.5) is 0 Å². The summed E-state index contributed by atoms with van der Waals surface area (Å²) in [6.45, 7) is 0.278. The lowest BCUT2D eigenvalue weighted by Crippen LogP contribution is -2.25. The third-order valence-corrected chi connectivity index (χ3v) is 8.84. The predicted molar refractivity (Wildman–Crippen MR) is 105 cm³/mol. The van der Waals surface area contributed by atoms with Crippen LogP contribution in [0.15, 0.2) is 53.4 Å². The molecule has 150 valence electrons. The second-order valence-corrected chi connectivity index (χ2v) is 11.1. The summed E-state index contributed by atoms with van der Waals surface area (Å²) in [4.78, 5) is 12.4. The van der Waals surface area contributed by atoms with Crippen molar-refractivity contribution < 1.29 is 26.4 Å². The number of amides is 1. The van der Waals surface area contributed by atoms with Crippen molar-refractivity contribution in [2.24, 2.45) is 0 Å². The molecule has 9 heteroatoms. The van der Waals surface area contributed by atoms with E-state index in [0.717, 1.165) is 5.56 Å². The van der Waals surface area contributed by atoms with E-state index in [1.165, 1.54) is 24.3 Å². The van der Waals surface area contributed by atoms with E-state index < -0.39 is 30.8 Å². The standard InChI is InChI=1S/C19H21NO6S2/c1-26-16-7-5-14(6-8-16)12-20-19(21)15-3-2-4-17(11-15)28(24,25)18-9-10-27(22,23)13-18/h2-8,11,18H,9-10,12-13H2,1H3,(H,20,21). The van der Waals surface area contributed by atoms with Crippen molar-refractivity contribution >= 4 is 25.6 Å². The third kappa shape index (κ3) is 4.53. The molecule has 2 aromatic rings. The largest absolute Gasteiger partial charge is 0.497 e. The zero-order valence-corrected chi connectivity index (χ0v) is 16.9. The van der Waals surface area contributed by atoms with Crippen LogP contribution >= 0.6 is 0 Å². The van der Waals surface area contributed by atoms with Gasteiger partial charge < -0.3 is 10.1 Å². The lowest BCUT2D eigenvalue weighted by Gasteiger charge is -2.12. The van der Waals surface area contributed by atoms with E-state index in [-0.39, 0.29) is 34.9 Å². The molecule has 1 N–H and O–H groups in total. The van der Waals surface area contributed by atoms with Gasteiger partial charge in [0.1, 0.15) is 5.75 Å². The second kappa shape index (κ2) is 7.92. The lowest BCUT2D eigenvalue weighted by molar-refractivity contribution is 0.0950. The van der Waals surface area contributed by atoms with Crippen molar-refractivity contribution in [3.63, 3.8) is 0 Å². The predicted octanol–water partition coefficient (Wildman–Crippen LogP) is 1.59. The highest BCUT2D eigenvalue weighted by molar-refractivity contribution is 7.96. The van der Waals surface area contributed by atoms with Gasteiger partial charge in [-0.15, -0.1) is 0 Å². The molecular formula is C19H21NO6S2. The lowest BCUT2D eigenvalue weighted by atomic mass is 10.2. The number of sulfone groups is 2. The first kappa shape index (κ1) is 20.3. The fourth-order valence-corrected chi connectivity index (χ4v) is 7.44. The van der Waals surface area contributed by atoms with Gasteiger partial charge in [-0.25, -0.2) is 16.8 Å². The number of carbonyl (C=O) groups excluding carboxylic acids is 1. The van der Waals surface area contributed by atoms with Gasteiger partial charge in [0.25, 0.3) is 5.91 Å². The smallest absolute Gasteiger partial charge is 0.251 e. The van der Waals surface area contributed by atoms with E-state index >= 15 is 0 Å². The highest BCUT2D eigenvalue weighted by atomic mass is 32.2. The van der Waals surface area contributed by atoms with Crippen LogP contribution in [0.25, 0.3) is 0 Å². The van der Waals surface area contributed by atoms with Crippen molar-refractivity contribution in [2.75, 3.05) is 18.6 Å². The second-order valence-electron chi connectivity index (χ2n) is 6.63. The summed E-state index contributed by atoms with van der Waals surface area (Å²) in [6.07, 6.45) is 0.0819. The van der Waals surface area contributed by atoms with Crippen LogP contribution in [-0.2, 0) is 26.2 Å². The fraction of sp³-hybridized carbons (Fsp3) is 0.316. The number of ether oxygens (including phenoxy) is 1. The molecule has 1 saturated heterocycles. The summed E-state index contributed by atoms with van der Waals surface area (Å²) in [5.41, 5.74) is 1.07. The van der Waals surface area contributed by atoms with Crippen molar-refractivity contribution in [3.8, 4) is 5.75 Å². The summed E-state index contributed by atoms with van der Waals surface area (Å²) in [6, 6.07) is 12.9. The van der Waals surface area contributed by atoms with Crippen molar-refractivity contribution in [2.45, 2.75) is 23.1 Å². The molecule has 1 unspecified atom stereocenters. The Hall–Kier alpha value is -2.39. The molecule has 1 atom stereocenters. The summed E-state index contributed by atoms with van der Waals surface area (Å²) in [5.74, 6) is -0.198. The monoisotopic (exact) mass is 423 g/mol. The number of methoxy groups -OCH3 is 1. The van der Waals surface area contributed by atoms with Gasteiger partial charge in [0.2, 0.25) is 0 Å².